The number of hydrogen-bond donors (Lipinski definition) is 2. The normalized spacial score (nSPS) is 10.8. The van der Waals surface area contributed by atoms with Crippen molar-refractivity contribution in [3.63, 3.8) is 0 Å². The molecule has 0 bridgehead atoms. The van der Waals surface area contributed by atoms with Gasteiger partial charge in [0.05, 0.1) is 10.6 Å². The number of rotatable bonds is 4. The van der Waals surface area contributed by atoms with E-state index < -0.39 is 0 Å². The van der Waals surface area contributed by atoms with E-state index in [2.05, 4.69) is 39.6 Å². The van der Waals surface area contributed by atoms with Gasteiger partial charge in [0.25, 0.3) is 0 Å². The van der Waals surface area contributed by atoms with E-state index in [1.165, 1.54) is 10.1 Å². The van der Waals surface area contributed by atoms with Crippen molar-refractivity contribution < 1.29 is 0 Å². The Morgan fingerprint density at radius 2 is 2.11 bits per heavy atom. The van der Waals surface area contributed by atoms with Gasteiger partial charge in [-0.2, -0.15) is 0 Å². The molecule has 3 aromatic rings. The van der Waals surface area contributed by atoms with E-state index in [1.807, 2.05) is 12.1 Å². The van der Waals surface area contributed by atoms with E-state index in [0.717, 1.165) is 10.6 Å². The van der Waals surface area contributed by atoms with Crippen molar-refractivity contribution in [1.29, 1.82) is 0 Å². The molecule has 0 fully saturated rings. The van der Waals surface area contributed by atoms with Crippen LogP contribution in [0, 0.1) is 0 Å². The maximum Gasteiger partial charge on any atom is 0.223 e. The fourth-order valence-electron chi connectivity index (χ4n) is 1.87. The Bertz CT molecular complexity index is 659. The Morgan fingerprint density at radius 3 is 2.95 bits per heavy atom. The molecule has 0 aliphatic rings. The summed E-state index contributed by atoms with van der Waals surface area (Å²) in [5.41, 5.74) is 6.40. The molecule has 0 aliphatic carbocycles. The van der Waals surface area contributed by atoms with Crippen molar-refractivity contribution >= 4 is 27.4 Å². The third-order valence-electron chi connectivity index (χ3n) is 2.76. The minimum absolute atomic E-state index is 0.566. The highest BCUT2D eigenvalue weighted by Gasteiger charge is 2.06. The van der Waals surface area contributed by atoms with E-state index in [4.69, 9.17) is 5.73 Å². The summed E-state index contributed by atoms with van der Waals surface area (Å²) in [6, 6.07) is 12.4. The quantitative estimate of drug-likeness (QED) is 0.765. The van der Waals surface area contributed by atoms with Crippen molar-refractivity contribution in [3.8, 4) is 10.6 Å². The number of nitrogens with zero attached hydrogens (tertiary/aromatic N) is 2. The van der Waals surface area contributed by atoms with Crippen molar-refractivity contribution in [2.75, 3.05) is 18.4 Å². The minimum Gasteiger partial charge on any atom is -0.353 e. The van der Waals surface area contributed by atoms with Crippen LogP contribution in [0.3, 0.4) is 0 Å². The van der Waals surface area contributed by atoms with Crippen LogP contribution in [-0.2, 0) is 0 Å². The van der Waals surface area contributed by atoms with Gasteiger partial charge in [-0.25, -0.2) is 9.97 Å². The lowest BCUT2D eigenvalue weighted by Crippen LogP contribution is -2.14. The van der Waals surface area contributed by atoms with Crippen molar-refractivity contribution in [3.05, 3.63) is 42.6 Å². The highest BCUT2D eigenvalue weighted by atomic mass is 32.1. The molecule has 1 aromatic carbocycles. The minimum atomic E-state index is 0.566. The second-order valence-corrected chi connectivity index (χ2v) is 5.21. The summed E-state index contributed by atoms with van der Waals surface area (Å²) in [6.07, 6.45) is 1.77. The van der Waals surface area contributed by atoms with Crippen LogP contribution < -0.4 is 11.1 Å². The lowest BCUT2D eigenvalue weighted by atomic mass is 10.2. The van der Waals surface area contributed by atoms with Gasteiger partial charge in [0.1, 0.15) is 0 Å². The SMILES string of the molecule is NCCNc1nccc(-c2cc3ccccc3s2)n1. The van der Waals surface area contributed by atoms with Gasteiger partial charge in [-0.1, -0.05) is 18.2 Å². The van der Waals surface area contributed by atoms with E-state index >= 15 is 0 Å². The molecule has 2 aromatic heterocycles. The third-order valence-corrected chi connectivity index (χ3v) is 3.90. The van der Waals surface area contributed by atoms with Crippen LogP contribution in [0.25, 0.3) is 20.7 Å². The lowest BCUT2D eigenvalue weighted by Gasteiger charge is -2.03. The smallest absolute Gasteiger partial charge is 0.223 e. The van der Waals surface area contributed by atoms with E-state index in [1.54, 1.807) is 17.5 Å². The fourth-order valence-corrected chi connectivity index (χ4v) is 2.91. The summed E-state index contributed by atoms with van der Waals surface area (Å²) in [5, 5.41) is 4.34. The number of nitrogens with one attached hydrogen (secondary N) is 1. The molecule has 4 nitrogen and oxygen atoms in total. The Hall–Kier alpha value is -1.98. The van der Waals surface area contributed by atoms with Gasteiger partial charge >= 0.3 is 0 Å². The zero-order valence-electron chi connectivity index (χ0n) is 10.3. The van der Waals surface area contributed by atoms with Crippen LogP contribution in [0.5, 0.6) is 0 Å². The molecule has 2 heterocycles. The maximum atomic E-state index is 5.46. The second kappa shape index (κ2) is 5.34. The first-order valence-corrected chi connectivity index (χ1v) is 6.94. The molecule has 0 spiro atoms. The highest BCUT2D eigenvalue weighted by Crippen LogP contribution is 2.32. The van der Waals surface area contributed by atoms with Crippen LogP contribution in [-0.4, -0.2) is 23.1 Å². The molecule has 0 unspecified atom stereocenters. The molecule has 0 aliphatic heterocycles. The summed E-state index contributed by atoms with van der Waals surface area (Å²) >= 11 is 1.74. The van der Waals surface area contributed by atoms with Gasteiger partial charge in [0.2, 0.25) is 5.95 Å². The molecule has 0 saturated heterocycles. The van der Waals surface area contributed by atoms with Gasteiger partial charge in [0, 0.05) is 24.0 Å². The van der Waals surface area contributed by atoms with Crippen molar-refractivity contribution in [2.24, 2.45) is 5.73 Å². The summed E-state index contributed by atoms with van der Waals surface area (Å²) in [6.45, 7) is 1.24. The largest absolute Gasteiger partial charge is 0.353 e. The average Bonchev–Trinajstić information content (AvgIpc) is 2.89. The molecule has 0 amide bonds. The van der Waals surface area contributed by atoms with Crippen LogP contribution in [0.15, 0.2) is 42.6 Å². The van der Waals surface area contributed by atoms with Crippen LogP contribution in [0.1, 0.15) is 0 Å². The van der Waals surface area contributed by atoms with Gasteiger partial charge < -0.3 is 11.1 Å². The zero-order chi connectivity index (χ0) is 13.1. The molecule has 0 saturated carbocycles. The number of fused-ring (bicyclic) bond motifs is 1. The van der Waals surface area contributed by atoms with E-state index in [-0.39, 0.29) is 0 Å². The Labute approximate surface area is 115 Å². The molecular weight excluding hydrogens is 256 g/mol. The molecular formula is C14H14N4S. The standard InChI is InChI=1S/C14H14N4S/c15-6-8-17-14-16-7-5-11(18-14)13-9-10-3-1-2-4-12(10)19-13/h1-5,7,9H,6,8,15H2,(H,16,17,18). The van der Waals surface area contributed by atoms with E-state index in [9.17, 15) is 0 Å². The number of benzene rings is 1. The van der Waals surface area contributed by atoms with E-state index in [0.29, 0.717) is 19.0 Å². The Morgan fingerprint density at radius 1 is 1.21 bits per heavy atom. The monoisotopic (exact) mass is 270 g/mol. The first-order valence-electron chi connectivity index (χ1n) is 6.13. The third kappa shape index (κ3) is 2.57. The lowest BCUT2D eigenvalue weighted by molar-refractivity contribution is 0.991. The average molecular weight is 270 g/mol. The van der Waals surface area contributed by atoms with Gasteiger partial charge in [-0.3, -0.25) is 0 Å². The highest BCUT2D eigenvalue weighted by molar-refractivity contribution is 7.22. The Balaban J connectivity index is 1.96. The summed E-state index contributed by atoms with van der Waals surface area (Å²) in [7, 11) is 0. The Kier molecular flexibility index (Phi) is 3.39. The summed E-state index contributed by atoms with van der Waals surface area (Å²) in [4.78, 5) is 9.84. The van der Waals surface area contributed by atoms with Crippen LogP contribution in [0.4, 0.5) is 5.95 Å². The fraction of sp³-hybridized carbons (Fsp3) is 0.143. The predicted octanol–water partition coefficient (Wildman–Crippen LogP) is 2.73. The zero-order valence-corrected chi connectivity index (χ0v) is 11.2. The van der Waals surface area contributed by atoms with Crippen LogP contribution in [0.2, 0.25) is 0 Å². The first-order chi connectivity index (χ1) is 9.36. The molecule has 0 radical (unpaired) electrons. The number of thiophene rings is 1. The van der Waals surface area contributed by atoms with Crippen molar-refractivity contribution in [1.82, 2.24) is 9.97 Å². The number of anilines is 1. The van der Waals surface area contributed by atoms with Gasteiger partial charge in [-0.15, -0.1) is 11.3 Å². The van der Waals surface area contributed by atoms with Gasteiger partial charge in [-0.05, 0) is 23.6 Å². The molecule has 3 rings (SSSR count). The van der Waals surface area contributed by atoms with Gasteiger partial charge in [0.15, 0.2) is 0 Å². The van der Waals surface area contributed by atoms with Crippen molar-refractivity contribution in [2.45, 2.75) is 0 Å². The molecule has 19 heavy (non-hydrogen) atoms. The number of aromatic nitrogens is 2. The first kappa shape index (κ1) is 12.1. The molecule has 3 N–H and O–H groups in total. The summed E-state index contributed by atoms with van der Waals surface area (Å²) < 4.78 is 1.27. The number of hydrogen-bond acceptors (Lipinski definition) is 5. The summed E-state index contributed by atoms with van der Waals surface area (Å²) in [5.74, 6) is 0.625. The predicted molar refractivity (Wildman–Crippen MR) is 80.4 cm³/mol. The van der Waals surface area contributed by atoms with Crippen LogP contribution >= 0.6 is 11.3 Å². The second-order valence-electron chi connectivity index (χ2n) is 4.13. The molecule has 5 heteroatoms. The number of nitrogens with two attached hydrogens (primary N) is 1. The molecule has 96 valence electrons. The maximum absolute atomic E-state index is 5.46. The molecule has 0 atom stereocenters. The topological polar surface area (TPSA) is 63.8 Å².